The zero-order valence-corrected chi connectivity index (χ0v) is 12.5. The van der Waals surface area contributed by atoms with Crippen LogP contribution in [0.5, 0.6) is 5.75 Å². The summed E-state index contributed by atoms with van der Waals surface area (Å²) in [6.45, 7) is -2.35. The van der Waals surface area contributed by atoms with Crippen LogP contribution in [0, 0.1) is 0 Å². The van der Waals surface area contributed by atoms with Crippen molar-refractivity contribution >= 4 is 33.2 Å². The Morgan fingerprint density at radius 2 is 2.10 bits per heavy atom. The molecule has 0 amide bonds. The molecule has 0 fully saturated rings. The van der Waals surface area contributed by atoms with Crippen LogP contribution in [-0.2, 0) is 6.54 Å². The fourth-order valence-electron chi connectivity index (χ4n) is 1.56. The van der Waals surface area contributed by atoms with E-state index >= 15 is 0 Å². The number of nitrogens with one attached hydrogen (secondary N) is 1. The highest BCUT2D eigenvalue weighted by atomic mass is 79.9. The molecule has 0 unspecified atom stereocenters. The summed E-state index contributed by atoms with van der Waals surface area (Å²) in [6, 6.07) is 6.48. The van der Waals surface area contributed by atoms with E-state index in [-0.39, 0.29) is 10.8 Å². The van der Waals surface area contributed by atoms with Crippen molar-refractivity contribution in [2.24, 2.45) is 0 Å². The van der Waals surface area contributed by atoms with Crippen molar-refractivity contribution in [3.8, 4) is 5.75 Å². The van der Waals surface area contributed by atoms with Gasteiger partial charge in [0.1, 0.15) is 5.75 Å². The van der Waals surface area contributed by atoms with E-state index in [9.17, 15) is 8.78 Å². The van der Waals surface area contributed by atoms with Crippen molar-refractivity contribution in [2.45, 2.75) is 13.2 Å². The highest BCUT2D eigenvalue weighted by molar-refractivity contribution is 9.10. The van der Waals surface area contributed by atoms with Crippen LogP contribution in [0.2, 0.25) is 5.02 Å². The molecule has 1 aromatic heterocycles. The van der Waals surface area contributed by atoms with E-state index in [0.29, 0.717) is 12.2 Å². The van der Waals surface area contributed by atoms with E-state index < -0.39 is 6.61 Å². The number of alkyl halides is 2. The fourth-order valence-corrected chi connectivity index (χ4v) is 2.20. The summed E-state index contributed by atoms with van der Waals surface area (Å²) in [5.74, 6) is -0.0451. The summed E-state index contributed by atoms with van der Waals surface area (Å²) in [5, 5.41) is 3.25. The van der Waals surface area contributed by atoms with Gasteiger partial charge in [-0.3, -0.25) is 4.98 Å². The standard InChI is InChI=1S/C13H10BrClF2N2O/c14-9-3-8(5-18-7-9)6-19-10-1-2-12(11(15)4-10)20-13(16)17/h1-5,7,13,19H,6H2. The van der Waals surface area contributed by atoms with E-state index in [4.69, 9.17) is 11.6 Å². The van der Waals surface area contributed by atoms with E-state index in [1.165, 1.54) is 12.1 Å². The van der Waals surface area contributed by atoms with Gasteiger partial charge in [0, 0.05) is 29.1 Å². The first-order valence-corrected chi connectivity index (χ1v) is 6.79. The molecule has 7 heteroatoms. The van der Waals surface area contributed by atoms with Gasteiger partial charge in [0.2, 0.25) is 0 Å². The average molecular weight is 364 g/mol. The maximum Gasteiger partial charge on any atom is 0.387 e. The molecule has 0 radical (unpaired) electrons. The van der Waals surface area contributed by atoms with Crippen molar-refractivity contribution in [2.75, 3.05) is 5.32 Å². The van der Waals surface area contributed by atoms with Gasteiger partial charge in [-0.15, -0.1) is 0 Å². The molecule has 2 rings (SSSR count). The summed E-state index contributed by atoms with van der Waals surface area (Å²) < 4.78 is 29.4. The minimum atomic E-state index is -2.89. The molecule has 0 atom stereocenters. The highest BCUT2D eigenvalue weighted by Crippen LogP contribution is 2.29. The van der Waals surface area contributed by atoms with Crippen LogP contribution in [0.15, 0.2) is 41.1 Å². The number of rotatable bonds is 5. The van der Waals surface area contributed by atoms with Crippen LogP contribution >= 0.6 is 27.5 Å². The molecular formula is C13H10BrClF2N2O. The van der Waals surface area contributed by atoms with E-state index in [1.807, 2.05) is 6.07 Å². The van der Waals surface area contributed by atoms with Crippen molar-refractivity contribution in [1.82, 2.24) is 4.98 Å². The first-order valence-electron chi connectivity index (χ1n) is 5.62. The normalized spacial score (nSPS) is 10.7. The Kier molecular flexibility index (Phi) is 5.14. The minimum Gasteiger partial charge on any atom is -0.433 e. The Balaban J connectivity index is 2.02. The molecule has 0 aliphatic rings. The van der Waals surface area contributed by atoms with Crippen molar-refractivity contribution in [3.63, 3.8) is 0 Å². The van der Waals surface area contributed by atoms with Gasteiger partial charge in [0.15, 0.2) is 0 Å². The smallest absolute Gasteiger partial charge is 0.387 e. The Bertz CT molecular complexity index is 598. The van der Waals surface area contributed by atoms with Gasteiger partial charge in [-0.25, -0.2) is 0 Å². The maximum absolute atomic E-state index is 12.1. The molecule has 1 N–H and O–H groups in total. The summed E-state index contributed by atoms with van der Waals surface area (Å²) in [7, 11) is 0. The predicted octanol–water partition coefficient (Wildman–Crippen LogP) is 4.71. The van der Waals surface area contributed by atoms with Gasteiger partial charge in [0.25, 0.3) is 0 Å². The predicted molar refractivity (Wildman–Crippen MR) is 77.3 cm³/mol. The number of aromatic nitrogens is 1. The van der Waals surface area contributed by atoms with Gasteiger partial charge in [-0.2, -0.15) is 8.78 Å². The lowest BCUT2D eigenvalue weighted by Crippen LogP contribution is -2.03. The van der Waals surface area contributed by atoms with Gasteiger partial charge < -0.3 is 10.1 Å². The Hall–Kier alpha value is -1.40. The minimum absolute atomic E-state index is 0.0451. The fraction of sp³-hybridized carbons (Fsp3) is 0.154. The third-order valence-electron chi connectivity index (χ3n) is 2.41. The topological polar surface area (TPSA) is 34.1 Å². The van der Waals surface area contributed by atoms with E-state index in [2.05, 4.69) is 31.0 Å². The molecular weight excluding hydrogens is 354 g/mol. The second-order valence-electron chi connectivity index (χ2n) is 3.89. The van der Waals surface area contributed by atoms with E-state index in [1.54, 1.807) is 18.5 Å². The van der Waals surface area contributed by atoms with Crippen LogP contribution < -0.4 is 10.1 Å². The van der Waals surface area contributed by atoms with Gasteiger partial charge in [0.05, 0.1) is 5.02 Å². The molecule has 0 saturated heterocycles. The zero-order valence-electron chi connectivity index (χ0n) is 10.1. The summed E-state index contributed by atoms with van der Waals surface area (Å²) >= 11 is 9.20. The lowest BCUT2D eigenvalue weighted by atomic mass is 10.2. The quantitative estimate of drug-likeness (QED) is 0.835. The second-order valence-corrected chi connectivity index (χ2v) is 5.21. The molecule has 1 heterocycles. The van der Waals surface area contributed by atoms with Crippen LogP contribution in [0.25, 0.3) is 0 Å². The van der Waals surface area contributed by atoms with Gasteiger partial charge in [-0.1, -0.05) is 11.6 Å². The molecule has 20 heavy (non-hydrogen) atoms. The highest BCUT2D eigenvalue weighted by Gasteiger charge is 2.08. The third-order valence-corrected chi connectivity index (χ3v) is 3.14. The number of anilines is 1. The van der Waals surface area contributed by atoms with Crippen molar-refractivity contribution in [1.29, 1.82) is 0 Å². The SMILES string of the molecule is FC(F)Oc1ccc(NCc2cncc(Br)c2)cc1Cl. The summed E-state index contributed by atoms with van der Waals surface area (Å²) in [4.78, 5) is 4.04. The lowest BCUT2D eigenvalue weighted by molar-refractivity contribution is -0.0497. The summed E-state index contributed by atoms with van der Waals surface area (Å²) in [5.41, 5.74) is 1.68. The maximum atomic E-state index is 12.1. The van der Waals surface area contributed by atoms with Crippen LogP contribution in [0.1, 0.15) is 5.56 Å². The number of hydrogen-bond acceptors (Lipinski definition) is 3. The zero-order chi connectivity index (χ0) is 14.5. The Morgan fingerprint density at radius 3 is 2.75 bits per heavy atom. The van der Waals surface area contributed by atoms with Crippen LogP contribution in [0.4, 0.5) is 14.5 Å². The molecule has 0 bridgehead atoms. The molecule has 1 aromatic carbocycles. The van der Waals surface area contributed by atoms with Crippen LogP contribution in [0.3, 0.4) is 0 Å². The molecule has 0 aliphatic carbocycles. The van der Waals surface area contributed by atoms with E-state index in [0.717, 1.165) is 10.0 Å². The first-order chi connectivity index (χ1) is 9.54. The number of halogens is 4. The number of ether oxygens (including phenoxy) is 1. The van der Waals surface area contributed by atoms with Crippen molar-refractivity contribution < 1.29 is 13.5 Å². The number of benzene rings is 1. The largest absolute Gasteiger partial charge is 0.433 e. The number of nitrogens with zero attached hydrogens (tertiary/aromatic N) is 1. The molecule has 0 saturated carbocycles. The molecule has 0 spiro atoms. The molecule has 106 valence electrons. The monoisotopic (exact) mass is 362 g/mol. The molecule has 2 aromatic rings. The Labute approximate surface area is 128 Å². The van der Waals surface area contributed by atoms with Crippen LogP contribution in [-0.4, -0.2) is 11.6 Å². The lowest BCUT2D eigenvalue weighted by Gasteiger charge is -2.10. The molecule has 0 aliphatic heterocycles. The molecule has 3 nitrogen and oxygen atoms in total. The second kappa shape index (κ2) is 6.85. The average Bonchev–Trinajstić information content (AvgIpc) is 2.39. The first kappa shape index (κ1) is 15.0. The number of hydrogen-bond donors (Lipinski definition) is 1. The van der Waals surface area contributed by atoms with Gasteiger partial charge >= 0.3 is 6.61 Å². The van der Waals surface area contributed by atoms with Gasteiger partial charge in [-0.05, 0) is 45.8 Å². The Morgan fingerprint density at radius 1 is 1.30 bits per heavy atom. The number of pyridine rings is 1. The summed E-state index contributed by atoms with van der Waals surface area (Å²) in [6.07, 6.45) is 3.42. The third kappa shape index (κ3) is 4.31. The van der Waals surface area contributed by atoms with Crippen molar-refractivity contribution in [3.05, 3.63) is 51.7 Å².